The summed E-state index contributed by atoms with van der Waals surface area (Å²) >= 11 is 0. The highest BCUT2D eigenvalue weighted by Gasteiger charge is 1.97. The minimum absolute atomic E-state index is 0. The lowest BCUT2D eigenvalue weighted by atomic mass is 10.1. The number of aryl methyl sites for hydroxylation is 4. The van der Waals surface area contributed by atoms with E-state index in [0.29, 0.717) is 11.5 Å². The Morgan fingerprint density at radius 1 is 0.611 bits per heavy atom. The lowest BCUT2D eigenvalue weighted by molar-refractivity contribution is -0.147. The summed E-state index contributed by atoms with van der Waals surface area (Å²) in [6.07, 6.45) is 3.14. The smallest absolute Gasteiger partial charge is 0.308 e. The van der Waals surface area contributed by atoms with Crippen LogP contribution in [0, 0.1) is 6.92 Å². The molecular formula is C31H42O5. The normalized spacial score (nSPS) is 9.28. The fourth-order valence-electron chi connectivity index (χ4n) is 2.78. The molecule has 0 aliphatic carbocycles. The Morgan fingerprint density at radius 3 is 1.36 bits per heavy atom. The van der Waals surface area contributed by atoms with E-state index in [1.807, 2.05) is 36.4 Å². The van der Waals surface area contributed by atoms with Crippen LogP contribution in [0.4, 0.5) is 0 Å². The molecule has 5 nitrogen and oxygen atoms in total. The molecule has 0 aromatic heterocycles. The van der Waals surface area contributed by atoms with Crippen LogP contribution in [0.15, 0.2) is 72.8 Å². The molecule has 0 radical (unpaired) electrons. The molecule has 196 valence electrons. The highest BCUT2D eigenvalue weighted by atomic mass is 16.7. The van der Waals surface area contributed by atoms with Crippen molar-refractivity contribution in [3.8, 4) is 11.5 Å². The first-order valence-corrected chi connectivity index (χ1v) is 11.9. The quantitative estimate of drug-likeness (QED) is 0.193. The number of carbonyl (C=O) groups is 2. The second kappa shape index (κ2) is 18.7. The largest absolute Gasteiger partial charge is 0.457 e. The van der Waals surface area contributed by atoms with Gasteiger partial charge in [-0.05, 0) is 67.1 Å². The fraction of sp³-hybridized carbons (Fsp3) is 0.355. The van der Waals surface area contributed by atoms with Gasteiger partial charge in [0, 0.05) is 13.8 Å². The van der Waals surface area contributed by atoms with Crippen molar-refractivity contribution >= 4 is 11.9 Å². The molecule has 0 atom stereocenters. The molecule has 3 aromatic carbocycles. The standard InChI is InChI=1S/C11H14O3.C10H12O2.C9H12.CH4/c1-3-10-4-6-11(7-5-10)14-8-13-9(2)12;1-3-9-4-6-10(7-5-9)12-8(2)11;1-3-9-6-4-8(2)5-7-9;/h4-7H,3,8H2,1-2H3;4-7H,3H2,1-2H3;4-7H,3H2,1-2H3;1H4. The number of ether oxygens (including phenoxy) is 3. The van der Waals surface area contributed by atoms with Crippen molar-refractivity contribution in [2.45, 2.75) is 68.2 Å². The lowest BCUT2D eigenvalue weighted by Crippen LogP contribution is -2.06. The van der Waals surface area contributed by atoms with Gasteiger partial charge >= 0.3 is 11.9 Å². The number of esters is 2. The molecule has 0 aliphatic rings. The van der Waals surface area contributed by atoms with Crippen molar-refractivity contribution < 1.29 is 23.8 Å². The molecule has 3 aromatic rings. The Bertz CT molecular complexity index is 991. The molecule has 0 bridgehead atoms. The van der Waals surface area contributed by atoms with Gasteiger partial charge in [0.25, 0.3) is 0 Å². The van der Waals surface area contributed by atoms with E-state index in [1.165, 1.54) is 36.1 Å². The van der Waals surface area contributed by atoms with E-state index >= 15 is 0 Å². The first kappa shape index (κ1) is 32.4. The number of benzene rings is 3. The van der Waals surface area contributed by atoms with Crippen LogP contribution in [-0.2, 0) is 33.6 Å². The zero-order valence-corrected chi connectivity index (χ0v) is 21.8. The molecule has 0 heterocycles. The van der Waals surface area contributed by atoms with Crippen molar-refractivity contribution in [1.29, 1.82) is 0 Å². The van der Waals surface area contributed by atoms with E-state index in [1.54, 1.807) is 12.1 Å². The molecule has 0 N–H and O–H groups in total. The summed E-state index contributed by atoms with van der Waals surface area (Å²) in [7, 11) is 0. The summed E-state index contributed by atoms with van der Waals surface area (Å²) in [5.41, 5.74) is 5.25. The van der Waals surface area contributed by atoms with Crippen molar-refractivity contribution in [2.75, 3.05) is 6.79 Å². The van der Waals surface area contributed by atoms with Gasteiger partial charge in [0.2, 0.25) is 6.79 Å². The van der Waals surface area contributed by atoms with Crippen molar-refractivity contribution in [2.24, 2.45) is 0 Å². The Morgan fingerprint density at radius 2 is 1.00 bits per heavy atom. The van der Waals surface area contributed by atoms with Crippen LogP contribution in [0.2, 0.25) is 0 Å². The SMILES string of the molecule is C.CCc1ccc(C)cc1.CCc1ccc(OC(C)=O)cc1.CCc1ccc(OCOC(C)=O)cc1. The molecule has 5 heteroatoms. The van der Waals surface area contributed by atoms with E-state index in [-0.39, 0.29) is 26.2 Å². The molecule has 0 aliphatic heterocycles. The van der Waals surface area contributed by atoms with Crippen LogP contribution in [0.25, 0.3) is 0 Å². The van der Waals surface area contributed by atoms with Crippen LogP contribution in [0.3, 0.4) is 0 Å². The zero-order valence-electron chi connectivity index (χ0n) is 21.8. The third-order valence-corrected chi connectivity index (χ3v) is 4.94. The van der Waals surface area contributed by atoms with Crippen LogP contribution in [0.1, 0.15) is 64.3 Å². The summed E-state index contributed by atoms with van der Waals surface area (Å²) < 4.78 is 14.7. The molecule has 0 saturated carbocycles. The van der Waals surface area contributed by atoms with Crippen LogP contribution < -0.4 is 9.47 Å². The monoisotopic (exact) mass is 494 g/mol. The molecule has 0 spiro atoms. The maximum Gasteiger partial charge on any atom is 0.308 e. The molecule has 0 fully saturated rings. The van der Waals surface area contributed by atoms with Crippen LogP contribution >= 0.6 is 0 Å². The number of hydrogen-bond acceptors (Lipinski definition) is 5. The van der Waals surface area contributed by atoms with E-state index < -0.39 is 0 Å². The van der Waals surface area contributed by atoms with E-state index in [0.717, 1.165) is 19.3 Å². The minimum Gasteiger partial charge on any atom is -0.457 e. The fourth-order valence-corrected chi connectivity index (χ4v) is 2.78. The Balaban J connectivity index is 0.000000514. The highest BCUT2D eigenvalue weighted by molar-refractivity contribution is 5.69. The molecule has 0 saturated heterocycles. The second-order valence-corrected chi connectivity index (χ2v) is 7.83. The predicted molar refractivity (Wildman–Crippen MR) is 147 cm³/mol. The zero-order chi connectivity index (χ0) is 26.1. The Labute approximate surface area is 217 Å². The first-order valence-electron chi connectivity index (χ1n) is 11.9. The van der Waals surface area contributed by atoms with Gasteiger partial charge in [-0.1, -0.05) is 82.3 Å². The highest BCUT2D eigenvalue weighted by Crippen LogP contribution is 2.13. The van der Waals surface area contributed by atoms with Gasteiger partial charge in [-0.2, -0.15) is 0 Å². The average Bonchev–Trinajstić information content (AvgIpc) is 2.86. The van der Waals surface area contributed by atoms with E-state index in [9.17, 15) is 9.59 Å². The number of hydrogen-bond donors (Lipinski definition) is 0. The van der Waals surface area contributed by atoms with Crippen LogP contribution in [-0.4, -0.2) is 18.7 Å². The predicted octanol–water partition coefficient (Wildman–Crippen LogP) is 7.52. The van der Waals surface area contributed by atoms with Gasteiger partial charge in [0.05, 0.1) is 0 Å². The third kappa shape index (κ3) is 14.6. The third-order valence-electron chi connectivity index (χ3n) is 4.94. The summed E-state index contributed by atoms with van der Waals surface area (Å²) in [6, 6.07) is 23.9. The summed E-state index contributed by atoms with van der Waals surface area (Å²) in [6.45, 7) is 11.2. The summed E-state index contributed by atoms with van der Waals surface area (Å²) in [5, 5.41) is 0. The van der Waals surface area contributed by atoms with Gasteiger partial charge < -0.3 is 14.2 Å². The summed E-state index contributed by atoms with van der Waals surface area (Å²) in [4.78, 5) is 21.0. The van der Waals surface area contributed by atoms with E-state index in [2.05, 4.69) is 56.7 Å². The number of carbonyl (C=O) groups excluding carboxylic acids is 2. The molecule has 0 amide bonds. The maximum atomic E-state index is 10.5. The van der Waals surface area contributed by atoms with Gasteiger partial charge in [-0.25, -0.2) is 0 Å². The summed E-state index contributed by atoms with van der Waals surface area (Å²) in [5.74, 6) is 0.706. The van der Waals surface area contributed by atoms with Gasteiger partial charge in [0.1, 0.15) is 11.5 Å². The Kier molecular flexibility index (Phi) is 16.8. The molecular weight excluding hydrogens is 452 g/mol. The lowest BCUT2D eigenvalue weighted by Gasteiger charge is -2.05. The maximum absolute atomic E-state index is 10.5. The molecule has 36 heavy (non-hydrogen) atoms. The van der Waals surface area contributed by atoms with Crippen LogP contribution in [0.5, 0.6) is 11.5 Å². The average molecular weight is 495 g/mol. The van der Waals surface area contributed by atoms with Gasteiger partial charge in [-0.15, -0.1) is 0 Å². The molecule has 0 unspecified atom stereocenters. The first-order chi connectivity index (χ1) is 16.8. The Hall–Kier alpha value is -3.60. The molecule has 3 rings (SSSR count). The topological polar surface area (TPSA) is 61.8 Å². The van der Waals surface area contributed by atoms with Crippen molar-refractivity contribution in [3.63, 3.8) is 0 Å². The van der Waals surface area contributed by atoms with Gasteiger partial charge in [-0.3, -0.25) is 9.59 Å². The number of rotatable bonds is 7. The van der Waals surface area contributed by atoms with E-state index in [4.69, 9.17) is 9.47 Å². The minimum atomic E-state index is -0.338. The second-order valence-electron chi connectivity index (χ2n) is 7.83. The van der Waals surface area contributed by atoms with Crippen molar-refractivity contribution in [1.82, 2.24) is 0 Å². The van der Waals surface area contributed by atoms with Gasteiger partial charge in [0.15, 0.2) is 0 Å². The van der Waals surface area contributed by atoms with Crippen molar-refractivity contribution in [3.05, 3.63) is 95.1 Å².